The standard InChI is InChI=1S/C21H16Cl2N6/c1-14-11-28(13-25-14)20-5-4-18(8-16(20)10-24)26-21-6-7-29(27-21)12-15-2-3-17(22)9-19(15)23/h2-9,11,13H,12H2,1H3,(H,26,27). The van der Waals surface area contributed by atoms with Crippen molar-refractivity contribution in [1.82, 2.24) is 19.3 Å². The van der Waals surface area contributed by atoms with Gasteiger partial charge in [-0.25, -0.2) is 4.98 Å². The van der Waals surface area contributed by atoms with Gasteiger partial charge in [0.25, 0.3) is 0 Å². The van der Waals surface area contributed by atoms with Crippen molar-refractivity contribution in [2.45, 2.75) is 13.5 Å². The highest BCUT2D eigenvalue weighted by Gasteiger charge is 2.08. The van der Waals surface area contributed by atoms with Gasteiger partial charge in [-0.1, -0.05) is 29.3 Å². The number of imidazole rings is 1. The summed E-state index contributed by atoms with van der Waals surface area (Å²) in [4.78, 5) is 4.22. The number of halogens is 2. The van der Waals surface area contributed by atoms with Crippen LogP contribution in [-0.4, -0.2) is 19.3 Å². The predicted molar refractivity (Wildman–Crippen MR) is 114 cm³/mol. The second-order valence-electron chi connectivity index (χ2n) is 6.53. The number of nitrogens with one attached hydrogen (secondary N) is 1. The van der Waals surface area contributed by atoms with Crippen molar-refractivity contribution in [2.24, 2.45) is 0 Å². The Morgan fingerprint density at radius 3 is 2.72 bits per heavy atom. The monoisotopic (exact) mass is 422 g/mol. The van der Waals surface area contributed by atoms with Crippen LogP contribution in [0.4, 0.5) is 11.5 Å². The van der Waals surface area contributed by atoms with Gasteiger partial charge in [0.15, 0.2) is 5.82 Å². The number of nitriles is 1. The van der Waals surface area contributed by atoms with Crippen molar-refractivity contribution in [3.63, 3.8) is 0 Å². The average molecular weight is 423 g/mol. The molecule has 0 atom stereocenters. The maximum absolute atomic E-state index is 9.54. The van der Waals surface area contributed by atoms with Crippen LogP contribution in [0.1, 0.15) is 16.8 Å². The third-order valence-electron chi connectivity index (χ3n) is 4.37. The molecule has 0 saturated carbocycles. The topological polar surface area (TPSA) is 71.5 Å². The highest BCUT2D eigenvalue weighted by Crippen LogP contribution is 2.24. The lowest BCUT2D eigenvalue weighted by Crippen LogP contribution is -2.02. The summed E-state index contributed by atoms with van der Waals surface area (Å²) in [5.74, 6) is 0.671. The minimum absolute atomic E-state index is 0.528. The summed E-state index contributed by atoms with van der Waals surface area (Å²) in [5, 5.41) is 18.5. The molecule has 0 fully saturated rings. The first-order valence-electron chi connectivity index (χ1n) is 8.81. The van der Waals surface area contributed by atoms with Crippen LogP contribution >= 0.6 is 23.2 Å². The molecule has 8 heteroatoms. The Hall–Kier alpha value is -3.27. The van der Waals surface area contributed by atoms with E-state index in [0.717, 1.165) is 22.6 Å². The zero-order chi connectivity index (χ0) is 20.4. The molecule has 4 aromatic rings. The quantitative estimate of drug-likeness (QED) is 0.470. The number of hydrogen-bond acceptors (Lipinski definition) is 4. The fraction of sp³-hybridized carbons (Fsp3) is 0.0952. The summed E-state index contributed by atoms with van der Waals surface area (Å²) < 4.78 is 3.62. The summed E-state index contributed by atoms with van der Waals surface area (Å²) >= 11 is 12.2. The molecule has 0 aliphatic heterocycles. The summed E-state index contributed by atoms with van der Waals surface area (Å²) in [6.45, 7) is 2.44. The second kappa shape index (κ2) is 8.00. The van der Waals surface area contributed by atoms with Gasteiger partial charge in [0.1, 0.15) is 6.07 Å². The first kappa shape index (κ1) is 19.1. The first-order valence-corrected chi connectivity index (χ1v) is 9.57. The normalized spacial score (nSPS) is 10.7. The SMILES string of the molecule is Cc1cn(-c2ccc(Nc3ccn(Cc4ccc(Cl)cc4Cl)n3)cc2C#N)cn1. The predicted octanol–water partition coefficient (Wildman–Crippen LogP) is 5.35. The van der Waals surface area contributed by atoms with E-state index in [4.69, 9.17) is 23.2 Å². The summed E-state index contributed by atoms with van der Waals surface area (Å²) in [5.41, 5.74) is 3.91. The number of benzene rings is 2. The van der Waals surface area contributed by atoms with Gasteiger partial charge in [0.05, 0.1) is 29.8 Å². The van der Waals surface area contributed by atoms with Crippen molar-refractivity contribution < 1.29 is 0 Å². The Morgan fingerprint density at radius 2 is 2.00 bits per heavy atom. The lowest BCUT2D eigenvalue weighted by Gasteiger charge is -2.09. The third kappa shape index (κ3) is 4.27. The number of aromatic nitrogens is 4. The van der Waals surface area contributed by atoms with Crippen molar-refractivity contribution >= 4 is 34.7 Å². The van der Waals surface area contributed by atoms with Gasteiger partial charge in [0.2, 0.25) is 0 Å². The van der Waals surface area contributed by atoms with Crippen molar-refractivity contribution in [1.29, 1.82) is 5.26 Å². The molecule has 0 aliphatic rings. The number of hydrogen-bond donors (Lipinski definition) is 1. The van der Waals surface area contributed by atoms with Gasteiger partial charge in [0, 0.05) is 34.2 Å². The van der Waals surface area contributed by atoms with Crippen LogP contribution in [0.2, 0.25) is 10.0 Å². The molecule has 0 saturated heterocycles. The fourth-order valence-corrected chi connectivity index (χ4v) is 3.44. The van der Waals surface area contributed by atoms with Gasteiger partial charge in [-0.05, 0) is 42.8 Å². The summed E-state index contributed by atoms with van der Waals surface area (Å²) in [6.07, 6.45) is 5.44. The molecular formula is C21H16Cl2N6. The van der Waals surface area contributed by atoms with E-state index in [1.54, 1.807) is 29.2 Å². The van der Waals surface area contributed by atoms with Gasteiger partial charge in [-0.3, -0.25) is 4.68 Å². The Kier molecular flexibility index (Phi) is 5.26. The highest BCUT2D eigenvalue weighted by atomic mass is 35.5. The maximum atomic E-state index is 9.54. The van der Waals surface area contributed by atoms with E-state index in [-0.39, 0.29) is 0 Å². The van der Waals surface area contributed by atoms with Crippen LogP contribution in [0.15, 0.2) is 61.2 Å². The Bertz CT molecular complexity index is 1220. The number of anilines is 2. The molecule has 0 aliphatic carbocycles. The maximum Gasteiger partial charge on any atom is 0.152 e. The third-order valence-corrected chi connectivity index (χ3v) is 4.95. The van der Waals surface area contributed by atoms with Crippen LogP contribution < -0.4 is 5.32 Å². The van der Waals surface area contributed by atoms with Crippen molar-refractivity contribution in [3.8, 4) is 11.8 Å². The van der Waals surface area contributed by atoms with Gasteiger partial charge < -0.3 is 9.88 Å². The van der Waals surface area contributed by atoms with Gasteiger partial charge in [-0.2, -0.15) is 10.4 Å². The average Bonchev–Trinajstić information content (AvgIpc) is 3.33. The number of aryl methyl sites for hydroxylation is 1. The van der Waals surface area contributed by atoms with E-state index < -0.39 is 0 Å². The van der Waals surface area contributed by atoms with Gasteiger partial charge >= 0.3 is 0 Å². The molecule has 29 heavy (non-hydrogen) atoms. The summed E-state index contributed by atoms with van der Waals surface area (Å²) in [7, 11) is 0. The molecule has 2 heterocycles. The molecular weight excluding hydrogens is 407 g/mol. The lowest BCUT2D eigenvalue weighted by atomic mass is 10.1. The molecule has 0 bridgehead atoms. The minimum Gasteiger partial charge on any atom is -0.339 e. The molecule has 0 radical (unpaired) electrons. The van der Waals surface area contributed by atoms with Crippen molar-refractivity contribution in [2.75, 3.05) is 5.32 Å². The number of rotatable bonds is 5. The second-order valence-corrected chi connectivity index (χ2v) is 7.37. The molecule has 0 amide bonds. The van der Waals surface area contributed by atoms with Crippen LogP contribution in [0.25, 0.3) is 5.69 Å². The van der Waals surface area contributed by atoms with Crippen LogP contribution in [-0.2, 0) is 6.54 Å². The fourth-order valence-electron chi connectivity index (χ4n) is 2.97. The van der Waals surface area contributed by atoms with E-state index in [2.05, 4.69) is 21.5 Å². The first-order chi connectivity index (χ1) is 14.0. The molecule has 2 aromatic heterocycles. The lowest BCUT2D eigenvalue weighted by molar-refractivity contribution is 0.690. The van der Waals surface area contributed by atoms with E-state index >= 15 is 0 Å². The molecule has 0 spiro atoms. The number of nitrogens with zero attached hydrogens (tertiary/aromatic N) is 5. The molecule has 6 nitrogen and oxygen atoms in total. The van der Waals surface area contributed by atoms with E-state index in [0.29, 0.717) is 28.0 Å². The smallest absolute Gasteiger partial charge is 0.152 e. The molecule has 1 N–H and O–H groups in total. The van der Waals surface area contributed by atoms with Crippen LogP contribution in [0.5, 0.6) is 0 Å². The summed E-state index contributed by atoms with van der Waals surface area (Å²) in [6, 6.07) is 15.1. The molecule has 2 aromatic carbocycles. The Morgan fingerprint density at radius 1 is 1.14 bits per heavy atom. The minimum atomic E-state index is 0.528. The van der Waals surface area contributed by atoms with Crippen LogP contribution in [0, 0.1) is 18.3 Å². The highest BCUT2D eigenvalue weighted by molar-refractivity contribution is 6.35. The Labute approximate surface area is 177 Å². The zero-order valence-corrected chi connectivity index (χ0v) is 17.0. The van der Waals surface area contributed by atoms with E-state index in [1.807, 2.05) is 48.1 Å². The Balaban J connectivity index is 1.52. The van der Waals surface area contributed by atoms with E-state index in [1.165, 1.54) is 0 Å². The molecule has 4 rings (SSSR count). The zero-order valence-electron chi connectivity index (χ0n) is 15.5. The molecule has 0 unspecified atom stereocenters. The van der Waals surface area contributed by atoms with E-state index in [9.17, 15) is 5.26 Å². The van der Waals surface area contributed by atoms with Gasteiger partial charge in [-0.15, -0.1) is 0 Å². The van der Waals surface area contributed by atoms with Crippen LogP contribution in [0.3, 0.4) is 0 Å². The molecule has 144 valence electrons. The largest absolute Gasteiger partial charge is 0.339 e. The van der Waals surface area contributed by atoms with Crippen molar-refractivity contribution in [3.05, 3.63) is 88.1 Å².